The van der Waals surface area contributed by atoms with Crippen molar-refractivity contribution in [3.8, 4) is 0 Å². The molecule has 0 saturated heterocycles. The Morgan fingerprint density at radius 3 is 2.88 bits per heavy atom. The van der Waals surface area contributed by atoms with Gasteiger partial charge in [0.25, 0.3) is 5.91 Å². The number of amides is 1. The second kappa shape index (κ2) is 4.43. The van der Waals surface area contributed by atoms with Gasteiger partial charge in [-0.2, -0.15) is 5.10 Å². The van der Waals surface area contributed by atoms with Gasteiger partial charge in [0.2, 0.25) is 0 Å². The van der Waals surface area contributed by atoms with Crippen molar-refractivity contribution in [1.29, 1.82) is 0 Å². The molecule has 2 rings (SSSR count). The monoisotopic (exact) mass is 217 g/mol. The second-order valence-electron chi connectivity index (χ2n) is 3.23. The normalized spacial score (nSPS) is 10.0. The predicted molar refractivity (Wildman–Crippen MR) is 58.7 cm³/mol. The molecule has 1 amide bonds. The maximum atomic E-state index is 11.0. The van der Waals surface area contributed by atoms with E-state index in [0.717, 1.165) is 5.56 Å². The third-order valence-corrected chi connectivity index (χ3v) is 2.12. The van der Waals surface area contributed by atoms with Crippen LogP contribution in [0.2, 0.25) is 0 Å². The number of H-pyrrole nitrogens is 1. The third-order valence-electron chi connectivity index (χ3n) is 2.12. The van der Waals surface area contributed by atoms with E-state index in [4.69, 9.17) is 5.73 Å². The Labute approximate surface area is 91.9 Å². The van der Waals surface area contributed by atoms with Gasteiger partial charge in [0, 0.05) is 18.9 Å². The van der Waals surface area contributed by atoms with Crippen molar-refractivity contribution in [3.05, 3.63) is 42.0 Å². The molecule has 2 aromatic heterocycles. The van der Waals surface area contributed by atoms with Crippen LogP contribution in [0.15, 0.2) is 30.7 Å². The lowest BCUT2D eigenvalue weighted by Crippen LogP contribution is -2.14. The molecule has 0 fully saturated rings. The molecule has 0 unspecified atom stereocenters. The molecule has 0 radical (unpaired) electrons. The standard InChI is InChI=1S/C10H11N5O/c11-10(16)9-8(6-14-15-9)13-5-7-1-3-12-4-2-7/h1-4,6,13H,5H2,(H2,11,16)(H,14,15). The van der Waals surface area contributed by atoms with Crippen molar-refractivity contribution in [2.75, 3.05) is 5.32 Å². The highest BCUT2D eigenvalue weighted by Gasteiger charge is 2.09. The summed E-state index contributed by atoms with van der Waals surface area (Å²) in [5.74, 6) is -0.533. The number of anilines is 1. The molecule has 0 aliphatic rings. The van der Waals surface area contributed by atoms with Crippen molar-refractivity contribution in [2.45, 2.75) is 6.54 Å². The van der Waals surface area contributed by atoms with E-state index in [0.29, 0.717) is 12.2 Å². The molecule has 16 heavy (non-hydrogen) atoms. The number of pyridine rings is 1. The number of nitrogens with zero attached hydrogens (tertiary/aromatic N) is 2. The van der Waals surface area contributed by atoms with E-state index in [9.17, 15) is 4.79 Å². The van der Waals surface area contributed by atoms with Gasteiger partial charge in [0.1, 0.15) is 5.69 Å². The average Bonchev–Trinajstić information content (AvgIpc) is 2.76. The van der Waals surface area contributed by atoms with E-state index in [1.54, 1.807) is 12.4 Å². The first kappa shape index (κ1) is 10.2. The first-order valence-electron chi connectivity index (χ1n) is 4.73. The van der Waals surface area contributed by atoms with Gasteiger partial charge in [-0.25, -0.2) is 0 Å². The lowest BCUT2D eigenvalue weighted by molar-refractivity contribution is 0.0996. The quantitative estimate of drug-likeness (QED) is 0.695. The van der Waals surface area contributed by atoms with Gasteiger partial charge in [0.05, 0.1) is 11.9 Å². The van der Waals surface area contributed by atoms with Crippen LogP contribution in [0.4, 0.5) is 5.69 Å². The first-order chi connectivity index (χ1) is 7.77. The Bertz CT molecular complexity index is 479. The molecule has 2 heterocycles. The molecular formula is C10H11N5O. The summed E-state index contributed by atoms with van der Waals surface area (Å²) < 4.78 is 0. The van der Waals surface area contributed by atoms with E-state index in [2.05, 4.69) is 20.5 Å². The van der Waals surface area contributed by atoms with Gasteiger partial charge in [0.15, 0.2) is 0 Å². The van der Waals surface area contributed by atoms with Crippen LogP contribution in [0.5, 0.6) is 0 Å². The zero-order valence-electron chi connectivity index (χ0n) is 8.47. The number of aromatic amines is 1. The topological polar surface area (TPSA) is 96.7 Å². The van der Waals surface area contributed by atoms with Crippen molar-refractivity contribution in [2.24, 2.45) is 5.73 Å². The molecule has 2 aromatic rings. The summed E-state index contributed by atoms with van der Waals surface area (Å²) >= 11 is 0. The van der Waals surface area contributed by atoms with Crippen LogP contribution in [-0.2, 0) is 6.54 Å². The maximum absolute atomic E-state index is 11.0. The van der Waals surface area contributed by atoms with Crippen LogP contribution < -0.4 is 11.1 Å². The van der Waals surface area contributed by atoms with Crippen molar-refractivity contribution < 1.29 is 4.79 Å². The van der Waals surface area contributed by atoms with Crippen LogP contribution in [0.3, 0.4) is 0 Å². The summed E-state index contributed by atoms with van der Waals surface area (Å²) in [6, 6.07) is 3.77. The number of hydrogen-bond acceptors (Lipinski definition) is 4. The van der Waals surface area contributed by atoms with Crippen LogP contribution in [0.25, 0.3) is 0 Å². The summed E-state index contributed by atoms with van der Waals surface area (Å²) in [4.78, 5) is 14.9. The third kappa shape index (κ3) is 2.17. The Morgan fingerprint density at radius 2 is 2.19 bits per heavy atom. The SMILES string of the molecule is NC(=O)c1[nH]ncc1NCc1ccncc1. The number of carbonyl (C=O) groups is 1. The highest BCUT2D eigenvalue weighted by Crippen LogP contribution is 2.11. The van der Waals surface area contributed by atoms with E-state index in [1.807, 2.05) is 12.1 Å². The number of hydrogen-bond donors (Lipinski definition) is 3. The number of aromatic nitrogens is 3. The summed E-state index contributed by atoms with van der Waals surface area (Å²) in [7, 11) is 0. The number of carbonyl (C=O) groups excluding carboxylic acids is 1. The number of primary amides is 1. The second-order valence-corrected chi connectivity index (χ2v) is 3.23. The van der Waals surface area contributed by atoms with Crippen molar-refractivity contribution in [3.63, 3.8) is 0 Å². The fourth-order valence-electron chi connectivity index (χ4n) is 1.31. The number of rotatable bonds is 4. The van der Waals surface area contributed by atoms with Crippen LogP contribution in [-0.4, -0.2) is 21.1 Å². The molecule has 0 aliphatic carbocycles. The fourth-order valence-corrected chi connectivity index (χ4v) is 1.31. The number of nitrogens with one attached hydrogen (secondary N) is 2. The highest BCUT2D eigenvalue weighted by molar-refractivity contribution is 5.96. The summed E-state index contributed by atoms with van der Waals surface area (Å²) in [6.07, 6.45) is 4.95. The average molecular weight is 217 g/mol. The molecule has 0 spiro atoms. The lowest BCUT2D eigenvalue weighted by Gasteiger charge is -2.04. The fraction of sp³-hybridized carbons (Fsp3) is 0.100. The minimum absolute atomic E-state index is 0.286. The molecule has 82 valence electrons. The Balaban J connectivity index is 2.05. The van der Waals surface area contributed by atoms with Crippen molar-refractivity contribution >= 4 is 11.6 Å². The Morgan fingerprint density at radius 1 is 1.44 bits per heavy atom. The van der Waals surface area contributed by atoms with E-state index in [-0.39, 0.29) is 5.69 Å². The van der Waals surface area contributed by atoms with Gasteiger partial charge in [-0.1, -0.05) is 0 Å². The van der Waals surface area contributed by atoms with E-state index in [1.165, 1.54) is 6.20 Å². The van der Waals surface area contributed by atoms with E-state index < -0.39 is 5.91 Å². The number of nitrogens with two attached hydrogens (primary N) is 1. The van der Waals surface area contributed by atoms with Gasteiger partial charge in [-0.15, -0.1) is 0 Å². The molecule has 0 aromatic carbocycles. The molecule has 0 bridgehead atoms. The van der Waals surface area contributed by atoms with Gasteiger partial charge in [-0.3, -0.25) is 14.9 Å². The molecule has 0 aliphatic heterocycles. The van der Waals surface area contributed by atoms with Gasteiger partial charge < -0.3 is 11.1 Å². The molecule has 0 atom stereocenters. The first-order valence-corrected chi connectivity index (χ1v) is 4.73. The predicted octanol–water partition coefficient (Wildman–Crippen LogP) is 0.516. The van der Waals surface area contributed by atoms with Crippen LogP contribution in [0, 0.1) is 0 Å². The lowest BCUT2D eigenvalue weighted by atomic mass is 10.2. The van der Waals surface area contributed by atoms with Crippen LogP contribution in [0.1, 0.15) is 16.1 Å². The Kier molecular flexibility index (Phi) is 2.81. The summed E-state index contributed by atoms with van der Waals surface area (Å²) in [5.41, 5.74) is 7.12. The minimum atomic E-state index is -0.533. The molecule has 0 saturated carbocycles. The van der Waals surface area contributed by atoms with Gasteiger partial charge >= 0.3 is 0 Å². The molecule has 4 N–H and O–H groups in total. The highest BCUT2D eigenvalue weighted by atomic mass is 16.1. The Hall–Kier alpha value is -2.37. The molecule has 6 heteroatoms. The van der Waals surface area contributed by atoms with Crippen LogP contribution >= 0.6 is 0 Å². The maximum Gasteiger partial charge on any atom is 0.268 e. The van der Waals surface area contributed by atoms with Crippen molar-refractivity contribution in [1.82, 2.24) is 15.2 Å². The zero-order chi connectivity index (χ0) is 11.4. The van der Waals surface area contributed by atoms with Gasteiger partial charge in [-0.05, 0) is 17.7 Å². The van der Waals surface area contributed by atoms with E-state index >= 15 is 0 Å². The zero-order valence-corrected chi connectivity index (χ0v) is 8.47. The molecular weight excluding hydrogens is 206 g/mol. The smallest absolute Gasteiger partial charge is 0.268 e. The largest absolute Gasteiger partial charge is 0.378 e. The molecule has 6 nitrogen and oxygen atoms in total. The minimum Gasteiger partial charge on any atom is -0.378 e. The summed E-state index contributed by atoms with van der Waals surface area (Å²) in [5, 5.41) is 9.37. The summed E-state index contributed by atoms with van der Waals surface area (Å²) in [6.45, 7) is 0.586.